The minimum absolute atomic E-state index is 0.0113. The second kappa shape index (κ2) is 7.71. The van der Waals surface area contributed by atoms with E-state index in [0.29, 0.717) is 19.1 Å². The van der Waals surface area contributed by atoms with Crippen molar-refractivity contribution >= 4 is 42.9 Å². The Balaban J connectivity index is 2.67. The molecule has 0 aliphatic rings. The molecule has 0 heterocycles. The van der Waals surface area contributed by atoms with E-state index in [1.807, 2.05) is 13.8 Å². The Morgan fingerprint density at radius 3 is 2.35 bits per heavy atom. The van der Waals surface area contributed by atoms with Crippen molar-refractivity contribution in [1.29, 1.82) is 0 Å². The number of hydrogen-bond acceptors (Lipinski definition) is 4. The van der Waals surface area contributed by atoms with Crippen molar-refractivity contribution < 1.29 is 17.9 Å². The first-order valence-corrected chi connectivity index (χ1v) is 8.93. The first-order valence-electron chi connectivity index (χ1n) is 5.86. The van der Waals surface area contributed by atoms with Crippen molar-refractivity contribution in [3.63, 3.8) is 0 Å². The van der Waals surface area contributed by atoms with Crippen LogP contribution in [0.25, 0.3) is 0 Å². The van der Waals surface area contributed by atoms with Gasteiger partial charge in [0.15, 0.2) is 0 Å². The number of rotatable bonds is 7. The normalized spacial score (nSPS) is 11.9. The molecular formula is C12H15Cl3O4S. The zero-order valence-electron chi connectivity index (χ0n) is 11.0. The highest BCUT2D eigenvalue weighted by Gasteiger charge is 2.19. The monoisotopic (exact) mass is 360 g/mol. The highest BCUT2D eigenvalue weighted by molar-refractivity contribution is 8.13. The predicted octanol–water partition coefficient (Wildman–Crippen LogP) is 3.97. The molecule has 0 bridgehead atoms. The van der Waals surface area contributed by atoms with Crippen molar-refractivity contribution in [3.8, 4) is 5.75 Å². The third kappa shape index (κ3) is 5.30. The van der Waals surface area contributed by atoms with E-state index >= 15 is 0 Å². The summed E-state index contributed by atoms with van der Waals surface area (Å²) in [5, 5.41) is -0.139. The van der Waals surface area contributed by atoms with Crippen LogP contribution in [0.5, 0.6) is 5.75 Å². The van der Waals surface area contributed by atoms with E-state index < -0.39 is 9.05 Å². The molecule has 0 atom stereocenters. The highest BCUT2D eigenvalue weighted by atomic mass is 35.7. The molecular weight excluding hydrogens is 347 g/mol. The molecule has 0 aliphatic carbocycles. The van der Waals surface area contributed by atoms with E-state index in [4.69, 9.17) is 43.4 Å². The molecule has 0 aliphatic heterocycles. The fourth-order valence-electron chi connectivity index (χ4n) is 1.34. The molecule has 1 aromatic carbocycles. The maximum absolute atomic E-state index is 11.2. The molecule has 8 heteroatoms. The lowest BCUT2D eigenvalue weighted by molar-refractivity contribution is 0.0819. The highest BCUT2D eigenvalue weighted by Crippen LogP contribution is 2.37. The smallest absolute Gasteiger partial charge is 0.262 e. The summed E-state index contributed by atoms with van der Waals surface area (Å²) in [5.74, 6) is 0.732. The van der Waals surface area contributed by atoms with Gasteiger partial charge in [-0.25, -0.2) is 8.42 Å². The van der Waals surface area contributed by atoms with Crippen LogP contribution < -0.4 is 4.74 Å². The topological polar surface area (TPSA) is 52.6 Å². The average Bonchev–Trinajstić information content (AvgIpc) is 2.32. The van der Waals surface area contributed by atoms with Crippen molar-refractivity contribution in [3.05, 3.63) is 22.2 Å². The van der Waals surface area contributed by atoms with Crippen LogP contribution in [0, 0.1) is 5.92 Å². The summed E-state index contributed by atoms with van der Waals surface area (Å²) in [6.45, 7) is 5.42. The summed E-state index contributed by atoms with van der Waals surface area (Å²) >= 11 is 11.8. The molecule has 1 aromatic rings. The first kappa shape index (κ1) is 17.9. The zero-order valence-corrected chi connectivity index (χ0v) is 14.1. The molecule has 0 aromatic heterocycles. The fraction of sp³-hybridized carbons (Fsp3) is 0.500. The van der Waals surface area contributed by atoms with Gasteiger partial charge in [-0.2, -0.15) is 0 Å². The van der Waals surface area contributed by atoms with Crippen LogP contribution in [0.1, 0.15) is 13.8 Å². The maximum Gasteiger partial charge on any atom is 0.262 e. The van der Waals surface area contributed by atoms with Gasteiger partial charge in [0.2, 0.25) is 0 Å². The van der Waals surface area contributed by atoms with Crippen LogP contribution in [-0.2, 0) is 13.8 Å². The van der Waals surface area contributed by atoms with Gasteiger partial charge in [0, 0.05) is 17.3 Å². The van der Waals surface area contributed by atoms with Gasteiger partial charge in [-0.1, -0.05) is 37.0 Å². The van der Waals surface area contributed by atoms with Crippen LogP contribution in [-0.4, -0.2) is 28.2 Å². The zero-order chi connectivity index (χ0) is 15.3. The number of benzene rings is 1. The van der Waals surface area contributed by atoms with Gasteiger partial charge >= 0.3 is 0 Å². The van der Waals surface area contributed by atoms with Gasteiger partial charge in [-0.15, -0.1) is 0 Å². The van der Waals surface area contributed by atoms with E-state index in [1.54, 1.807) is 0 Å². The summed E-state index contributed by atoms with van der Waals surface area (Å²) in [6, 6.07) is 2.66. The number of ether oxygens (including phenoxy) is 2. The van der Waals surface area contributed by atoms with Crippen LogP contribution >= 0.6 is 33.9 Å². The Labute approximate surface area is 133 Å². The standard InChI is InChI=1S/C12H15Cl3O4S/c1-8(2)7-18-5-6-19-9-3-4-10(20(15,16)17)12(14)11(9)13/h3-4,8H,5-7H2,1-2H3. The molecule has 114 valence electrons. The molecule has 0 saturated heterocycles. The third-order valence-corrected chi connectivity index (χ3v) is 4.55. The molecule has 0 spiro atoms. The van der Waals surface area contributed by atoms with Crippen LogP contribution in [0.2, 0.25) is 10.0 Å². The molecule has 0 amide bonds. The van der Waals surface area contributed by atoms with Gasteiger partial charge in [-0.05, 0) is 18.1 Å². The molecule has 0 saturated carbocycles. The van der Waals surface area contributed by atoms with Gasteiger partial charge in [0.25, 0.3) is 9.05 Å². The van der Waals surface area contributed by atoms with Crippen LogP contribution in [0.3, 0.4) is 0 Å². The quantitative estimate of drug-likeness (QED) is 0.544. The number of halogens is 3. The van der Waals surface area contributed by atoms with Crippen LogP contribution in [0.4, 0.5) is 0 Å². The van der Waals surface area contributed by atoms with E-state index in [2.05, 4.69) is 0 Å². The summed E-state index contributed by atoms with van der Waals surface area (Å²) < 4.78 is 33.2. The lowest BCUT2D eigenvalue weighted by Crippen LogP contribution is -2.10. The molecule has 0 N–H and O–H groups in total. The van der Waals surface area contributed by atoms with Crippen molar-refractivity contribution in [2.45, 2.75) is 18.7 Å². The Morgan fingerprint density at radius 2 is 1.80 bits per heavy atom. The van der Waals surface area contributed by atoms with Gasteiger partial charge < -0.3 is 9.47 Å². The lowest BCUT2D eigenvalue weighted by Gasteiger charge is -2.11. The Hall–Kier alpha value is -0.200. The van der Waals surface area contributed by atoms with Gasteiger partial charge in [0.05, 0.1) is 11.6 Å². The SMILES string of the molecule is CC(C)COCCOc1ccc(S(=O)(=O)Cl)c(Cl)c1Cl. The molecule has 20 heavy (non-hydrogen) atoms. The average molecular weight is 362 g/mol. The minimum atomic E-state index is -3.94. The van der Waals surface area contributed by atoms with E-state index in [0.717, 1.165) is 0 Å². The van der Waals surface area contributed by atoms with Crippen molar-refractivity contribution in [2.24, 2.45) is 5.92 Å². The predicted molar refractivity (Wildman–Crippen MR) is 80.7 cm³/mol. The second-order valence-corrected chi connectivity index (χ2v) is 7.74. The molecule has 1 rings (SSSR count). The Morgan fingerprint density at radius 1 is 1.15 bits per heavy atom. The van der Waals surface area contributed by atoms with Crippen molar-refractivity contribution in [1.82, 2.24) is 0 Å². The van der Waals surface area contributed by atoms with Gasteiger partial charge in [0.1, 0.15) is 22.3 Å². The van der Waals surface area contributed by atoms with Crippen molar-refractivity contribution in [2.75, 3.05) is 19.8 Å². The summed E-state index contributed by atoms with van der Waals surface area (Å²) in [7, 11) is 1.30. The molecule has 0 fully saturated rings. The summed E-state index contributed by atoms with van der Waals surface area (Å²) in [5.41, 5.74) is 0. The largest absolute Gasteiger partial charge is 0.490 e. The summed E-state index contributed by atoms with van der Waals surface area (Å²) in [4.78, 5) is -0.241. The van der Waals surface area contributed by atoms with Gasteiger partial charge in [-0.3, -0.25) is 0 Å². The minimum Gasteiger partial charge on any atom is -0.490 e. The van der Waals surface area contributed by atoms with E-state index in [-0.39, 0.29) is 27.3 Å². The first-order chi connectivity index (χ1) is 9.23. The Bertz CT molecular complexity index is 558. The maximum atomic E-state index is 11.2. The molecule has 0 unspecified atom stereocenters. The number of hydrogen-bond donors (Lipinski definition) is 0. The lowest BCUT2D eigenvalue weighted by atomic mass is 10.2. The fourth-order valence-corrected chi connectivity index (χ4v) is 3.13. The third-order valence-electron chi connectivity index (χ3n) is 2.21. The Kier molecular flexibility index (Phi) is 6.88. The molecule has 0 radical (unpaired) electrons. The van der Waals surface area contributed by atoms with E-state index in [9.17, 15) is 8.42 Å². The van der Waals surface area contributed by atoms with E-state index in [1.165, 1.54) is 12.1 Å². The molecule has 4 nitrogen and oxygen atoms in total. The second-order valence-electron chi connectivity index (χ2n) is 4.44. The van der Waals surface area contributed by atoms with Crippen LogP contribution in [0.15, 0.2) is 17.0 Å². The summed E-state index contributed by atoms with van der Waals surface area (Å²) in [6.07, 6.45) is 0.